The highest BCUT2D eigenvalue weighted by atomic mass is 35.5. The molecule has 2 aromatic rings. The molecule has 4 saturated carbocycles. The molecule has 2 N–H and O–H groups in total. The zero-order valence-electron chi connectivity index (χ0n) is 25.8. The van der Waals surface area contributed by atoms with E-state index in [0.717, 1.165) is 37.1 Å². The lowest BCUT2D eigenvalue weighted by Gasteiger charge is -2.72. The molecule has 0 spiro atoms. The van der Waals surface area contributed by atoms with E-state index in [9.17, 15) is 9.90 Å². The number of H-pyrrole nitrogens is 1. The summed E-state index contributed by atoms with van der Waals surface area (Å²) in [6, 6.07) is 6.36. The van der Waals surface area contributed by atoms with E-state index in [1.54, 1.807) is 0 Å². The Balaban J connectivity index is 1.33. The van der Waals surface area contributed by atoms with Crippen molar-refractivity contribution in [3.8, 4) is 0 Å². The third-order valence-corrected chi connectivity index (χ3v) is 15.2. The number of hydrogen-bond donors (Lipinski definition) is 2. The molecule has 4 fully saturated rings. The molecule has 0 radical (unpaired) electrons. The summed E-state index contributed by atoms with van der Waals surface area (Å²) in [5.74, 6) is 2.73. The molecule has 0 saturated heterocycles. The monoisotopic (exact) mass is 563 g/mol. The highest BCUT2D eigenvalue weighted by molar-refractivity contribution is 6.31. The standard InChI is InChI=1S/C36H50ClNO2/c1-20(2)22-12-15-36(31(39)40)17-16-34(6)25(29(22)36)9-11-28-33(5)19-24-23-18-21(37)8-10-26(23)38-30(24)32(3,4)27(33)13-14-35(28,34)7/h8,10,18,20,22,25,27-29,38H,9,11-17,19H2,1-7H3,(H,39,40)/t22-,25+,27-,28+,29+,33-,34+,35+,36-/m0/s1. The maximum Gasteiger partial charge on any atom is 0.309 e. The molecule has 4 heteroatoms. The molecule has 40 heavy (non-hydrogen) atoms. The Labute approximate surface area is 246 Å². The topological polar surface area (TPSA) is 53.1 Å². The number of carbonyl (C=O) groups is 1. The SMILES string of the molecule is CC(C)[C@@H]1CC[C@]2(C(=O)O)CC[C@]3(C)[C@H](CC[C@@H]4[C@@]5(C)Cc6c([nH]c7ccc(Cl)cc67)C(C)(C)[C@@H]5CC[C@]43C)[C@@H]12. The number of halogens is 1. The summed E-state index contributed by atoms with van der Waals surface area (Å²) in [6.45, 7) is 17.6. The molecule has 0 unspecified atom stereocenters. The van der Waals surface area contributed by atoms with Crippen molar-refractivity contribution in [2.75, 3.05) is 0 Å². The Morgan fingerprint density at radius 3 is 2.40 bits per heavy atom. The second-order valence-electron chi connectivity index (χ2n) is 16.7. The largest absolute Gasteiger partial charge is 0.481 e. The number of rotatable bonds is 2. The predicted molar refractivity (Wildman–Crippen MR) is 164 cm³/mol. The number of nitrogens with one attached hydrogen (secondary N) is 1. The highest BCUT2D eigenvalue weighted by Gasteiger charge is 2.72. The van der Waals surface area contributed by atoms with Gasteiger partial charge in [-0.25, -0.2) is 0 Å². The highest BCUT2D eigenvalue weighted by Crippen LogP contribution is 2.77. The van der Waals surface area contributed by atoms with Gasteiger partial charge >= 0.3 is 5.97 Å². The Kier molecular flexibility index (Phi) is 5.70. The normalized spacial score (nSPS) is 45.4. The molecule has 218 valence electrons. The first-order valence-corrected chi connectivity index (χ1v) is 16.6. The van der Waals surface area contributed by atoms with Gasteiger partial charge in [0.05, 0.1) is 5.41 Å². The van der Waals surface area contributed by atoms with Crippen LogP contribution in [-0.4, -0.2) is 16.1 Å². The van der Waals surface area contributed by atoms with E-state index in [-0.39, 0.29) is 21.7 Å². The number of aliphatic carboxylic acids is 1. The van der Waals surface area contributed by atoms with Crippen LogP contribution in [0.3, 0.4) is 0 Å². The van der Waals surface area contributed by atoms with Gasteiger partial charge in [-0.1, -0.05) is 60.1 Å². The number of carboxylic acid groups (broad SMARTS) is 1. The van der Waals surface area contributed by atoms with Crippen molar-refractivity contribution >= 4 is 28.5 Å². The lowest BCUT2D eigenvalue weighted by Crippen LogP contribution is -2.67. The van der Waals surface area contributed by atoms with Crippen LogP contribution in [0.25, 0.3) is 10.9 Å². The van der Waals surface area contributed by atoms with E-state index >= 15 is 0 Å². The molecule has 9 atom stereocenters. The van der Waals surface area contributed by atoms with Crippen LogP contribution in [0, 0.1) is 57.2 Å². The summed E-state index contributed by atoms with van der Waals surface area (Å²) in [5, 5.41) is 12.8. The Hall–Kier alpha value is -1.48. The molecule has 1 heterocycles. The summed E-state index contributed by atoms with van der Waals surface area (Å²) >= 11 is 6.54. The van der Waals surface area contributed by atoms with Gasteiger partial charge in [-0.3, -0.25) is 4.79 Å². The van der Waals surface area contributed by atoms with Crippen LogP contribution < -0.4 is 0 Å². The fourth-order valence-electron chi connectivity index (χ4n) is 13.1. The van der Waals surface area contributed by atoms with E-state index in [4.69, 9.17) is 11.6 Å². The number of benzene rings is 1. The molecular formula is C36H50ClNO2. The van der Waals surface area contributed by atoms with Gasteiger partial charge in [-0.15, -0.1) is 0 Å². The van der Waals surface area contributed by atoms with Gasteiger partial charge in [0, 0.05) is 27.0 Å². The minimum atomic E-state index is -0.495. The number of hydrogen-bond acceptors (Lipinski definition) is 1. The minimum Gasteiger partial charge on any atom is -0.481 e. The number of aromatic nitrogens is 1. The fourth-order valence-corrected chi connectivity index (χ4v) is 13.2. The second kappa shape index (κ2) is 8.33. The molecule has 7 rings (SSSR count). The molecule has 3 nitrogen and oxygen atoms in total. The summed E-state index contributed by atoms with van der Waals surface area (Å²) in [6.07, 6.45) is 10.0. The van der Waals surface area contributed by atoms with Gasteiger partial charge in [0.25, 0.3) is 0 Å². The number of carboxylic acids is 1. The van der Waals surface area contributed by atoms with Crippen LogP contribution >= 0.6 is 11.6 Å². The lowest BCUT2D eigenvalue weighted by molar-refractivity contribution is -0.230. The van der Waals surface area contributed by atoms with Gasteiger partial charge in [0.15, 0.2) is 0 Å². The molecule has 0 aliphatic heterocycles. The Morgan fingerprint density at radius 1 is 0.950 bits per heavy atom. The van der Waals surface area contributed by atoms with E-state index in [1.807, 2.05) is 6.07 Å². The van der Waals surface area contributed by atoms with E-state index < -0.39 is 11.4 Å². The summed E-state index contributed by atoms with van der Waals surface area (Å²) < 4.78 is 0. The van der Waals surface area contributed by atoms with Crippen molar-refractivity contribution < 1.29 is 9.90 Å². The molecule has 5 aliphatic rings. The van der Waals surface area contributed by atoms with Gasteiger partial charge in [-0.2, -0.15) is 0 Å². The maximum atomic E-state index is 13.0. The quantitative estimate of drug-likeness (QED) is 0.382. The minimum absolute atomic E-state index is 0.0755. The first-order valence-electron chi connectivity index (χ1n) is 16.2. The van der Waals surface area contributed by atoms with Crippen LogP contribution in [0.4, 0.5) is 0 Å². The molecule has 1 aromatic heterocycles. The zero-order chi connectivity index (χ0) is 28.6. The first-order chi connectivity index (χ1) is 18.7. The van der Waals surface area contributed by atoms with Crippen molar-refractivity contribution in [3.63, 3.8) is 0 Å². The van der Waals surface area contributed by atoms with Crippen LogP contribution in [0.15, 0.2) is 18.2 Å². The molecule has 5 aliphatic carbocycles. The molecular weight excluding hydrogens is 514 g/mol. The van der Waals surface area contributed by atoms with E-state index in [2.05, 4.69) is 65.6 Å². The first kappa shape index (κ1) is 27.4. The van der Waals surface area contributed by atoms with Crippen LogP contribution in [-0.2, 0) is 16.6 Å². The van der Waals surface area contributed by atoms with E-state index in [0.29, 0.717) is 35.5 Å². The zero-order valence-corrected chi connectivity index (χ0v) is 26.5. The van der Waals surface area contributed by atoms with Gasteiger partial charge in [0.2, 0.25) is 0 Å². The Bertz CT molecular complexity index is 1390. The average Bonchev–Trinajstić information content (AvgIpc) is 3.44. The smallest absolute Gasteiger partial charge is 0.309 e. The second-order valence-corrected chi connectivity index (χ2v) is 17.1. The van der Waals surface area contributed by atoms with Crippen molar-refractivity contribution in [2.24, 2.45) is 57.2 Å². The molecule has 1 aromatic carbocycles. The van der Waals surface area contributed by atoms with Gasteiger partial charge < -0.3 is 10.1 Å². The third kappa shape index (κ3) is 3.12. The average molecular weight is 564 g/mol. The molecule has 0 amide bonds. The molecule has 0 bridgehead atoms. The summed E-state index contributed by atoms with van der Waals surface area (Å²) in [5.41, 5.74) is 4.38. The van der Waals surface area contributed by atoms with Gasteiger partial charge in [0.1, 0.15) is 0 Å². The number of aromatic amines is 1. The van der Waals surface area contributed by atoms with Crippen LogP contribution in [0.1, 0.15) is 111 Å². The van der Waals surface area contributed by atoms with E-state index in [1.165, 1.54) is 47.8 Å². The number of fused-ring (bicyclic) bond motifs is 10. The summed E-state index contributed by atoms with van der Waals surface area (Å²) in [7, 11) is 0. The van der Waals surface area contributed by atoms with Gasteiger partial charge in [-0.05, 0) is 133 Å². The van der Waals surface area contributed by atoms with Crippen LogP contribution in [0.2, 0.25) is 5.02 Å². The lowest BCUT2D eigenvalue weighted by atomic mass is 9.32. The fraction of sp³-hybridized carbons (Fsp3) is 0.750. The van der Waals surface area contributed by atoms with Crippen LogP contribution in [0.5, 0.6) is 0 Å². The maximum absolute atomic E-state index is 13.0. The van der Waals surface area contributed by atoms with Crippen molar-refractivity contribution in [2.45, 2.75) is 112 Å². The Morgan fingerprint density at radius 2 is 1.70 bits per heavy atom. The van der Waals surface area contributed by atoms with Crippen molar-refractivity contribution in [3.05, 3.63) is 34.5 Å². The van der Waals surface area contributed by atoms with Crippen molar-refractivity contribution in [1.29, 1.82) is 0 Å². The third-order valence-electron chi connectivity index (χ3n) is 15.0. The van der Waals surface area contributed by atoms with Crippen molar-refractivity contribution in [1.82, 2.24) is 4.98 Å². The summed E-state index contributed by atoms with van der Waals surface area (Å²) in [4.78, 5) is 16.8. The predicted octanol–water partition coefficient (Wildman–Crippen LogP) is 9.66.